The van der Waals surface area contributed by atoms with Gasteiger partial charge in [0.15, 0.2) is 0 Å². The highest BCUT2D eigenvalue weighted by Gasteiger charge is 2.25. The number of carbonyl (C=O) groups excluding carboxylic acids is 1. The molecular weight excluding hydrogens is 378 g/mol. The second kappa shape index (κ2) is 10.4. The molecule has 1 aliphatic heterocycles. The maximum absolute atomic E-state index is 12.3. The summed E-state index contributed by atoms with van der Waals surface area (Å²) in [5, 5.41) is 9.88. The van der Waals surface area contributed by atoms with Crippen molar-refractivity contribution in [3.8, 4) is 11.5 Å². The predicted octanol–water partition coefficient (Wildman–Crippen LogP) is 4.94. The molecule has 1 fully saturated rings. The molecule has 30 heavy (non-hydrogen) atoms. The molecule has 5 heteroatoms. The number of hydrogen-bond acceptors (Lipinski definition) is 5. The van der Waals surface area contributed by atoms with E-state index in [4.69, 9.17) is 9.47 Å². The molecule has 0 amide bonds. The molecule has 1 N–H and O–H groups in total. The molecule has 0 aliphatic carbocycles. The number of rotatable bonds is 9. The Balaban J connectivity index is 1.44. The van der Waals surface area contributed by atoms with Crippen LogP contribution in [0.4, 0.5) is 5.69 Å². The van der Waals surface area contributed by atoms with Gasteiger partial charge in [-0.05, 0) is 67.6 Å². The minimum atomic E-state index is -0.162. The number of ether oxygens (including phenoxy) is 2. The van der Waals surface area contributed by atoms with E-state index in [0.29, 0.717) is 18.6 Å². The van der Waals surface area contributed by atoms with E-state index in [9.17, 15) is 9.90 Å². The number of esters is 1. The van der Waals surface area contributed by atoms with E-state index in [1.54, 1.807) is 0 Å². The van der Waals surface area contributed by atoms with Crippen molar-refractivity contribution in [1.82, 2.24) is 0 Å². The molecule has 1 unspecified atom stereocenters. The van der Waals surface area contributed by atoms with E-state index < -0.39 is 0 Å². The van der Waals surface area contributed by atoms with Crippen molar-refractivity contribution in [3.05, 3.63) is 53.1 Å². The molecule has 0 bridgehead atoms. The Labute approximate surface area is 179 Å². The highest BCUT2D eigenvalue weighted by Crippen LogP contribution is 2.26. The minimum absolute atomic E-state index is 0.0683. The monoisotopic (exact) mass is 411 g/mol. The molecule has 0 radical (unpaired) electrons. The number of unbranched alkanes of at least 4 members (excludes halogenated alkanes) is 1. The molecule has 0 spiro atoms. The summed E-state index contributed by atoms with van der Waals surface area (Å²) in [5.41, 5.74) is 3.86. The lowest BCUT2D eigenvalue weighted by molar-refractivity contribution is -0.147. The van der Waals surface area contributed by atoms with Gasteiger partial charge >= 0.3 is 5.97 Å². The quantitative estimate of drug-likeness (QED) is 0.468. The summed E-state index contributed by atoms with van der Waals surface area (Å²) in [6.07, 6.45) is 3.94. The number of phenols is 1. The maximum atomic E-state index is 12.3. The first-order valence-corrected chi connectivity index (χ1v) is 10.9. The summed E-state index contributed by atoms with van der Waals surface area (Å²) in [5.74, 6) is 1.06. The molecule has 1 aliphatic rings. The van der Waals surface area contributed by atoms with Gasteiger partial charge in [-0.1, -0.05) is 25.5 Å². The zero-order chi connectivity index (χ0) is 21.5. The molecule has 162 valence electrons. The van der Waals surface area contributed by atoms with Crippen LogP contribution in [0.3, 0.4) is 0 Å². The van der Waals surface area contributed by atoms with Crippen molar-refractivity contribution in [2.75, 3.05) is 24.6 Å². The Morgan fingerprint density at radius 3 is 2.53 bits per heavy atom. The third-order valence-electron chi connectivity index (χ3n) is 5.58. The molecule has 0 aromatic heterocycles. The third-order valence-corrected chi connectivity index (χ3v) is 5.58. The average Bonchev–Trinajstić information content (AvgIpc) is 3.19. The minimum Gasteiger partial charge on any atom is -0.507 e. The third kappa shape index (κ3) is 5.91. The standard InChI is InChI=1S/C25H33NO4/c1-4-5-14-29-22-9-7-21(8-10-22)26-13-12-23(17-26)30-24(27)11-6-20-15-18(2)25(28)19(3)16-20/h7-10,15-16,23,28H,4-6,11-14,17H2,1-3H3. The van der Waals surface area contributed by atoms with Crippen molar-refractivity contribution in [2.45, 2.75) is 59.0 Å². The van der Waals surface area contributed by atoms with Crippen LogP contribution in [0, 0.1) is 13.8 Å². The molecule has 0 saturated carbocycles. The van der Waals surface area contributed by atoms with E-state index in [-0.39, 0.29) is 12.1 Å². The molecule has 3 rings (SSSR count). The number of benzene rings is 2. The van der Waals surface area contributed by atoms with E-state index in [0.717, 1.165) is 67.1 Å². The lowest BCUT2D eigenvalue weighted by Gasteiger charge is -2.19. The maximum Gasteiger partial charge on any atom is 0.306 e. The van der Waals surface area contributed by atoms with Gasteiger partial charge in [-0.15, -0.1) is 0 Å². The van der Waals surface area contributed by atoms with Gasteiger partial charge in [0.25, 0.3) is 0 Å². The first kappa shape index (κ1) is 22.0. The number of carbonyl (C=O) groups is 1. The topological polar surface area (TPSA) is 59.0 Å². The Kier molecular flexibility index (Phi) is 7.61. The van der Waals surface area contributed by atoms with Crippen LogP contribution in [0.2, 0.25) is 0 Å². The Morgan fingerprint density at radius 1 is 1.17 bits per heavy atom. The lowest BCUT2D eigenvalue weighted by Crippen LogP contribution is -2.24. The summed E-state index contributed by atoms with van der Waals surface area (Å²) >= 11 is 0. The van der Waals surface area contributed by atoms with Crippen LogP contribution in [-0.2, 0) is 16.0 Å². The number of anilines is 1. The van der Waals surface area contributed by atoms with Crippen molar-refractivity contribution in [3.63, 3.8) is 0 Å². The largest absolute Gasteiger partial charge is 0.507 e. The summed E-state index contributed by atoms with van der Waals surface area (Å²) < 4.78 is 11.4. The zero-order valence-corrected chi connectivity index (χ0v) is 18.3. The van der Waals surface area contributed by atoms with Gasteiger partial charge in [0, 0.05) is 25.1 Å². The SMILES string of the molecule is CCCCOc1ccc(N2CCC(OC(=O)CCc3cc(C)c(O)c(C)c3)C2)cc1. The smallest absolute Gasteiger partial charge is 0.306 e. The molecular formula is C25H33NO4. The van der Waals surface area contributed by atoms with Crippen molar-refractivity contribution >= 4 is 11.7 Å². The summed E-state index contributed by atoms with van der Waals surface area (Å²) in [6.45, 7) is 8.25. The molecule has 1 atom stereocenters. The molecule has 5 nitrogen and oxygen atoms in total. The molecule has 1 heterocycles. The Bertz CT molecular complexity index is 824. The first-order chi connectivity index (χ1) is 14.5. The van der Waals surface area contributed by atoms with Crippen molar-refractivity contribution < 1.29 is 19.4 Å². The van der Waals surface area contributed by atoms with Gasteiger partial charge in [-0.25, -0.2) is 0 Å². The highest BCUT2D eigenvalue weighted by atomic mass is 16.5. The molecule has 2 aromatic rings. The second-order valence-electron chi connectivity index (χ2n) is 8.12. The number of hydrogen-bond donors (Lipinski definition) is 1. The second-order valence-corrected chi connectivity index (χ2v) is 8.12. The van der Waals surface area contributed by atoms with Crippen LogP contribution in [0.15, 0.2) is 36.4 Å². The first-order valence-electron chi connectivity index (χ1n) is 10.9. The number of aromatic hydroxyl groups is 1. The van der Waals surface area contributed by atoms with Gasteiger partial charge in [0.1, 0.15) is 17.6 Å². The number of aryl methyl sites for hydroxylation is 3. The fraction of sp³-hybridized carbons (Fsp3) is 0.480. The van der Waals surface area contributed by atoms with Gasteiger partial charge < -0.3 is 19.5 Å². The lowest BCUT2D eigenvalue weighted by atomic mass is 10.0. The average molecular weight is 412 g/mol. The van der Waals surface area contributed by atoms with Crippen molar-refractivity contribution in [1.29, 1.82) is 0 Å². The van der Waals surface area contributed by atoms with Crippen LogP contribution in [-0.4, -0.2) is 36.9 Å². The highest BCUT2D eigenvalue weighted by molar-refractivity contribution is 5.70. The zero-order valence-electron chi connectivity index (χ0n) is 18.3. The fourth-order valence-corrected chi connectivity index (χ4v) is 3.83. The van der Waals surface area contributed by atoms with Gasteiger partial charge in [-0.3, -0.25) is 4.79 Å². The predicted molar refractivity (Wildman–Crippen MR) is 119 cm³/mol. The van der Waals surface area contributed by atoms with Crippen LogP contribution < -0.4 is 9.64 Å². The van der Waals surface area contributed by atoms with Crippen molar-refractivity contribution in [2.24, 2.45) is 0 Å². The number of phenolic OH excluding ortho intramolecular Hbond substituents is 1. The van der Waals surface area contributed by atoms with E-state index >= 15 is 0 Å². The van der Waals surface area contributed by atoms with E-state index in [2.05, 4.69) is 24.0 Å². The van der Waals surface area contributed by atoms with Gasteiger partial charge in [-0.2, -0.15) is 0 Å². The normalized spacial score (nSPS) is 16.0. The number of nitrogens with zero attached hydrogens (tertiary/aromatic N) is 1. The van der Waals surface area contributed by atoms with E-state index in [1.807, 2.05) is 38.1 Å². The summed E-state index contributed by atoms with van der Waals surface area (Å²) in [7, 11) is 0. The Hall–Kier alpha value is -2.69. The molecule has 1 saturated heterocycles. The van der Waals surface area contributed by atoms with Gasteiger partial charge in [0.2, 0.25) is 0 Å². The van der Waals surface area contributed by atoms with Crippen LogP contribution >= 0.6 is 0 Å². The van der Waals surface area contributed by atoms with Gasteiger partial charge in [0.05, 0.1) is 13.2 Å². The fourth-order valence-electron chi connectivity index (χ4n) is 3.83. The molecule has 2 aromatic carbocycles. The Morgan fingerprint density at radius 2 is 1.87 bits per heavy atom. The summed E-state index contributed by atoms with van der Waals surface area (Å²) in [4.78, 5) is 14.6. The van der Waals surface area contributed by atoms with Crippen LogP contribution in [0.25, 0.3) is 0 Å². The summed E-state index contributed by atoms with van der Waals surface area (Å²) in [6, 6.07) is 12.0. The van der Waals surface area contributed by atoms with E-state index in [1.165, 1.54) is 0 Å². The van der Waals surface area contributed by atoms with Crippen LogP contribution in [0.5, 0.6) is 11.5 Å². The van der Waals surface area contributed by atoms with Crippen LogP contribution in [0.1, 0.15) is 49.3 Å².